The van der Waals surface area contributed by atoms with Crippen molar-refractivity contribution in [2.24, 2.45) is 0 Å². The number of benzene rings is 2. The van der Waals surface area contributed by atoms with Crippen LogP contribution in [0.3, 0.4) is 0 Å². The smallest absolute Gasteiger partial charge is 0.330 e. The van der Waals surface area contributed by atoms with Gasteiger partial charge in [-0.15, -0.1) is 0 Å². The SMILES string of the molecule is COc1ccc(C(NC(=O)CC(C)c2ccccc2)C(=O)O)cc1. The predicted octanol–water partition coefficient (Wildman–Crippen LogP) is 3.13. The van der Waals surface area contributed by atoms with Crippen molar-refractivity contribution < 1.29 is 19.4 Å². The molecule has 0 radical (unpaired) electrons. The fourth-order valence-electron chi connectivity index (χ4n) is 2.48. The largest absolute Gasteiger partial charge is 0.497 e. The first kappa shape index (κ1) is 17.5. The molecule has 0 aliphatic heterocycles. The maximum Gasteiger partial charge on any atom is 0.330 e. The Labute approximate surface area is 141 Å². The van der Waals surface area contributed by atoms with E-state index in [1.165, 1.54) is 7.11 Å². The molecule has 2 N–H and O–H groups in total. The van der Waals surface area contributed by atoms with Crippen molar-refractivity contribution in [2.45, 2.75) is 25.3 Å². The summed E-state index contributed by atoms with van der Waals surface area (Å²) in [5.74, 6) is -0.751. The molecule has 5 heteroatoms. The lowest BCUT2D eigenvalue weighted by molar-refractivity contribution is -0.142. The monoisotopic (exact) mass is 327 g/mol. The van der Waals surface area contributed by atoms with Gasteiger partial charge < -0.3 is 15.2 Å². The first-order chi connectivity index (χ1) is 11.5. The summed E-state index contributed by atoms with van der Waals surface area (Å²) in [5, 5.41) is 12.0. The number of aliphatic carboxylic acids is 1. The van der Waals surface area contributed by atoms with Gasteiger partial charge in [-0.05, 0) is 29.2 Å². The Kier molecular flexibility index (Phi) is 5.95. The Morgan fingerprint density at radius 3 is 2.21 bits per heavy atom. The van der Waals surface area contributed by atoms with E-state index in [0.29, 0.717) is 11.3 Å². The van der Waals surface area contributed by atoms with E-state index in [4.69, 9.17) is 4.74 Å². The van der Waals surface area contributed by atoms with E-state index in [-0.39, 0.29) is 18.2 Å². The standard InChI is InChI=1S/C19H21NO4/c1-13(14-6-4-3-5-7-14)12-17(21)20-18(19(22)23)15-8-10-16(24-2)11-9-15/h3-11,13,18H,12H2,1-2H3,(H,20,21)(H,22,23). The maximum absolute atomic E-state index is 12.2. The van der Waals surface area contributed by atoms with Gasteiger partial charge in [-0.25, -0.2) is 4.79 Å². The second kappa shape index (κ2) is 8.15. The zero-order valence-electron chi connectivity index (χ0n) is 13.7. The number of carbonyl (C=O) groups excluding carboxylic acids is 1. The third-order valence-electron chi connectivity index (χ3n) is 3.86. The van der Waals surface area contributed by atoms with E-state index in [1.807, 2.05) is 37.3 Å². The van der Waals surface area contributed by atoms with Crippen LogP contribution in [0.5, 0.6) is 5.75 Å². The van der Waals surface area contributed by atoms with Gasteiger partial charge in [-0.3, -0.25) is 4.79 Å². The number of carbonyl (C=O) groups is 2. The maximum atomic E-state index is 12.2. The molecule has 2 aromatic rings. The van der Waals surface area contributed by atoms with Crippen molar-refractivity contribution in [3.05, 3.63) is 65.7 Å². The minimum Gasteiger partial charge on any atom is -0.497 e. The summed E-state index contributed by atoms with van der Waals surface area (Å²) in [5.41, 5.74) is 1.55. The summed E-state index contributed by atoms with van der Waals surface area (Å²) in [6.45, 7) is 1.94. The highest BCUT2D eigenvalue weighted by Gasteiger charge is 2.23. The van der Waals surface area contributed by atoms with E-state index in [0.717, 1.165) is 5.56 Å². The molecule has 0 saturated carbocycles. The zero-order valence-corrected chi connectivity index (χ0v) is 13.7. The first-order valence-corrected chi connectivity index (χ1v) is 7.72. The highest BCUT2D eigenvalue weighted by Crippen LogP contribution is 2.21. The van der Waals surface area contributed by atoms with E-state index >= 15 is 0 Å². The summed E-state index contributed by atoms with van der Waals surface area (Å²) in [6.07, 6.45) is 0.226. The molecule has 0 bridgehead atoms. The van der Waals surface area contributed by atoms with Crippen molar-refractivity contribution in [3.63, 3.8) is 0 Å². The average molecular weight is 327 g/mol. The zero-order chi connectivity index (χ0) is 17.5. The molecule has 0 fully saturated rings. The summed E-state index contributed by atoms with van der Waals surface area (Å²) < 4.78 is 5.06. The molecule has 2 atom stereocenters. The lowest BCUT2D eigenvalue weighted by Gasteiger charge is -2.17. The third-order valence-corrected chi connectivity index (χ3v) is 3.86. The number of methoxy groups -OCH3 is 1. The van der Waals surface area contributed by atoms with E-state index < -0.39 is 12.0 Å². The summed E-state index contributed by atoms with van der Waals surface area (Å²) in [7, 11) is 1.54. The number of hydrogen-bond acceptors (Lipinski definition) is 3. The molecule has 0 aliphatic rings. The van der Waals surface area contributed by atoms with E-state index in [2.05, 4.69) is 5.32 Å². The minimum atomic E-state index is -1.10. The number of carboxylic acids is 1. The van der Waals surface area contributed by atoms with Gasteiger partial charge in [-0.2, -0.15) is 0 Å². The fourth-order valence-corrected chi connectivity index (χ4v) is 2.48. The number of carboxylic acid groups (broad SMARTS) is 1. The van der Waals surface area contributed by atoms with Gasteiger partial charge in [-0.1, -0.05) is 49.4 Å². The summed E-state index contributed by atoms with van der Waals surface area (Å²) in [4.78, 5) is 23.7. The number of amides is 1. The van der Waals surface area contributed by atoms with Crippen molar-refractivity contribution in [1.29, 1.82) is 0 Å². The molecule has 1 amide bonds. The van der Waals surface area contributed by atoms with Crippen molar-refractivity contribution in [2.75, 3.05) is 7.11 Å². The quantitative estimate of drug-likeness (QED) is 0.819. The molecule has 0 aliphatic carbocycles. The number of rotatable bonds is 7. The average Bonchev–Trinajstić information content (AvgIpc) is 2.60. The van der Waals surface area contributed by atoms with Crippen LogP contribution in [0.1, 0.15) is 36.4 Å². The molecule has 0 saturated heterocycles. The minimum absolute atomic E-state index is 0.0107. The lowest BCUT2D eigenvalue weighted by atomic mass is 9.97. The van der Waals surface area contributed by atoms with Gasteiger partial charge >= 0.3 is 5.97 Å². The predicted molar refractivity (Wildman–Crippen MR) is 91.0 cm³/mol. The van der Waals surface area contributed by atoms with Gasteiger partial charge in [0, 0.05) is 6.42 Å². The second-order valence-electron chi connectivity index (χ2n) is 5.63. The van der Waals surface area contributed by atoms with Crippen LogP contribution in [0.4, 0.5) is 0 Å². The Morgan fingerprint density at radius 1 is 1.04 bits per heavy atom. The van der Waals surface area contributed by atoms with Gasteiger partial charge in [0.1, 0.15) is 5.75 Å². The topological polar surface area (TPSA) is 75.6 Å². The molecule has 2 aromatic carbocycles. The van der Waals surface area contributed by atoms with Crippen LogP contribution >= 0.6 is 0 Å². The van der Waals surface area contributed by atoms with Crippen LogP contribution in [0, 0.1) is 0 Å². The first-order valence-electron chi connectivity index (χ1n) is 7.72. The number of hydrogen-bond donors (Lipinski definition) is 2. The van der Waals surface area contributed by atoms with E-state index in [9.17, 15) is 14.7 Å². The van der Waals surface area contributed by atoms with Gasteiger partial charge in [0.05, 0.1) is 7.11 Å². The summed E-state index contributed by atoms with van der Waals surface area (Å²) in [6, 6.07) is 15.2. The lowest BCUT2D eigenvalue weighted by Crippen LogP contribution is -2.34. The molecular formula is C19H21NO4. The second-order valence-corrected chi connectivity index (χ2v) is 5.63. The van der Waals surface area contributed by atoms with Crippen LogP contribution in [-0.2, 0) is 9.59 Å². The summed E-state index contributed by atoms with van der Waals surface area (Å²) >= 11 is 0. The van der Waals surface area contributed by atoms with Gasteiger partial charge in [0.2, 0.25) is 5.91 Å². The van der Waals surface area contributed by atoms with Crippen molar-refractivity contribution in [3.8, 4) is 5.75 Å². The van der Waals surface area contributed by atoms with Crippen LogP contribution in [0.15, 0.2) is 54.6 Å². The van der Waals surface area contributed by atoms with Crippen LogP contribution in [0.25, 0.3) is 0 Å². The Hall–Kier alpha value is -2.82. The molecule has 0 heterocycles. The van der Waals surface area contributed by atoms with Gasteiger partial charge in [0.15, 0.2) is 6.04 Å². The third kappa shape index (κ3) is 4.59. The normalized spacial score (nSPS) is 12.9. The fraction of sp³-hybridized carbons (Fsp3) is 0.263. The van der Waals surface area contributed by atoms with Crippen LogP contribution in [0.2, 0.25) is 0 Å². The molecule has 5 nitrogen and oxygen atoms in total. The number of ether oxygens (including phenoxy) is 1. The van der Waals surface area contributed by atoms with E-state index in [1.54, 1.807) is 24.3 Å². The van der Waals surface area contributed by atoms with Crippen molar-refractivity contribution in [1.82, 2.24) is 5.32 Å². The number of nitrogens with one attached hydrogen (secondary N) is 1. The van der Waals surface area contributed by atoms with Crippen molar-refractivity contribution >= 4 is 11.9 Å². The molecular weight excluding hydrogens is 306 g/mol. The molecule has 24 heavy (non-hydrogen) atoms. The molecule has 126 valence electrons. The Morgan fingerprint density at radius 2 is 1.67 bits per heavy atom. The molecule has 2 unspecified atom stereocenters. The Balaban J connectivity index is 2.04. The Bertz CT molecular complexity index is 682. The van der Waals surface area contributed by atoms with Crippen LogP contribution < -0.4 is 10.1 Å². The highest BCUT2D eigenvalue weighted by molar-refractivity contribution is 5.85. The highest BCUT2D eigenvalue weighted by atomic mass is 16.5. The molecule has 2 rings (SSSR count). The molecule has 0 aromatic heterocycles. The molecule has 0 spiro atoms. The van der Waals surface area contributed by atoms with Crippen LogP contribution in [-0.4, -0.2) is 24.1 Å². The van der Waals surface area contributed by atoms with Gasteiger partial charge in [0.25, 0.3) is 0 Å².